The van der Waals surface area contributed by atoms with Gasteiger partial charge in [0.25, 0.3) is 5.91 Å². The van der Waals surface area contributed by atoms with Crippen LogP contribution in [0.1, 0.15) is 23.7 Å². The number of nitrogens with one attached hydrogen (secondary N) is 1. The average Bonchev–Trinajstić information content (AvgIpc) is 2.35. The van der Waals surface area contributed by atoms with E-state index < -0.39 is 6.61 Å². The van der Waals surface area contributed by atoms with Crippen molar-refractivity contribution < 1.29 is 18.3 Å². The Hall–Kier alpha value is -1.69. The predicted octanol–water partition coefficient (Wildman–Crippen LogP) is 2.11. The van der Waals surface area contributed by atoms with Gasteiger partial charge in [0.1, 0.15) is 5.75 Å². The van der Waals surface area contributed by atoms with E-state index in [-0.39, 0.29) is 17.7 Å². The van der Waals surface area contributed by atoms with Crippen LogP contribution in [0.2, 0.25) is 0 Å². The average molecular weight is 284 g/mol. The summed E-state index contributed by atoms with van der Waals surface area (Å²) in [6.07, 6.45) is 0.884. The third kappa shape index (κ3) is 3.45. The second-order valence-corrected chi connectivity index (χ2v) is 4.71. The first kappa shape index (κ1) is 14.7. The zero-order valence-electron chi connectivity index (χ0n) is 11.3. The molecule has 0 atom stereocenters. The van der Waals surface area contributed by atoms with Crippen molar-refractivity contribution in [2.75, 3.05) is 19.6 Å². The minimum absolute atomic E-state index is 0.0592. The molecule has 0 spiro atoms. The maximum absolute atomic E-state index is 12.4. The molecule has 1 saturated heterocycles. The molecule has 0 saturated carbocycles. The zero-order valence-corrected chi connectivity index (χ0v) is 11.3. The van der Waals surface area contributed by atoms with E-state index in [1.54, 1.807) is 0 Å². The topological polar surface area (TPSA) is 41.6 Å². The zero-order chi connectivity index (χ0) is 14.5. The number of amides is 1. The van der Waals surface area contributed by atoms with Crippen molar-refractivity contribution in [1.29, 1.82) is 0 Å². The van der Waals surface area contributed by atoms with Gasteiger partial charge in [0.15, 0.2) is 0 Å². The van der Waals surface area contributed by atoms with Crippen molar-refractivity contribution in [3.05, 3.63) is 29.8 Å². The highest BCUT2D eigenvalue weighted by Gasteiger charge is 2.28. The normalized spacial score (nSPS) is 15.0. The minimum Gasteiger partial charge on any atom is -0.435 e. The highest BCUT2D eigenvalue weighted by molar-refractivity contribution is 5.94. The largest absolute Gasteiger partial charge is 0.435 e. The standard InChI is InChI=1S/C14H18F2N2O2/c1-2-7-18(11-8-17-9-11)13(19)10-3-5-12(6-4-10)20-14(15)16/h3-6,11,14,17H,2,7-9H2,1H3. The summed E-state index contributed by atoms with van der Waals surface area (Å²) in [5, 5.41) is 3.14. The van der Waals surface area contributed by atoms with E-state index in [1.807, 2.05) is 11.8 Å². The van der Waals surface area contributed by atoms with Gasteiger partial charge in [-0.15, -0.1) is 0 Å². The van der Waals surface area contributed by atoms with Crippen LogP contribution in [-0.2, 0) is 0 Å². The summed E-state index contributed by atoms with van der Waals surface area (Å²) in [5.41, 5.74) is 0.493. The summed E-state index contributed by atoms with van der Waals surface area (Å²) < 4.78 is 28.4. The van der Waals surface area contributed by atoms with Crippen molar-refractivity contribution in [1.82, 2.24) is 10.2 Å². The maximum Gasteiger partial charge on any atom is 0.387 e. The van der Waals surface area contributed by atoms with Gasteiger partial charge in [-0.2, -0.15) is 8.78 Å². The fourth-order valence-corrected chi connectivity index (χ4v) is 2.13. The summed E-state index contributed by atoms with van der Waals surface area (Å²) >= 11 is 0. The number of carbonyl (C=O) groups is 1. The Balaban J connectivity index is 2.06. The molecule has 1 aromatic carbocycles. The molecular formula is C14H18F2N2O2. The molecule has 2 rings (SSSR count). The molecule has 1 fully saturated rings. The smallest absolute Gasteiger partial charge is 0.387 e. The van der Waals surface area contributed by atoms with E-state index in [1.165, 1.54) is 24.3 Å². The molecule has 1 aliphatic heterocycles. The number of hydrogen-bond acceptors (Lipinski definition) is 3. The lowest BCUT2D eigenvalue weighted by atomic mass is 10.1. The third-order valence-corrected chi connectivity index (χ3v) is 3.25. The molecule has 0 radical (unpaired) electrons. The van der Waals surface area contributed by atoms with Gasteiger partial charge in [-0.25, -0.2) is 0 Å². The first-order chi connectivity index (χ1) is 9.61. The second kappa shape index (κ2) is 6.65. The Morgan fingerprint density at radius 3 is 2.50 bits per heavy atom. The molecule has 0 aromatic heterocycles. The molecular weight excluding hydrogens is 266 g/mol. The van der Waals surface area contributed by atoms with Crippen LogP contribution in [0, 0.1) is 0 Å². The number of alkyl halides is 2. The fourth-order valence-electron chi connectivity index (χ4n) is 2.13. The summed E-state index contributed by atoms with van der Waals surface area (Å²) in [4.78, 5) is 14.2. The van der Waals surface area contributed by atoms with Crippen LogP contribution in [0.3, 0.4) is 0 Å². The van der Waals surface area contributed by atoms with Gasteiger partial charge in [-0.05, 0) is 30.7 Å². The molecule has 1 aromatic rings. The van der Waals surface area contributed by atoms with Crippen LogP contribution in [0.4, 0.5) is 8.78 Å². The third-order valence-electron chi connectivity index (χ3n) is 3.25. The van der Waals surface area contributed by atoms with Crippen LogP contribution >= 0.6 is 0 Å². The van der Waals surface area contributed by atoms with E-state index >= 15 is 0 Å². The van der Waals surface area contributed by atoms with E-state index in [4.69, 9.17) is 0 Å². The number of benzene rings is 1. The Morgan fingerprint density at radius 2 is 2.05 bits per heavy atom. The van der Waals surface area contributed by atoms with Gasteiger partial charge >= 0.3 is 6.61 Å². The Kier molecular flexibility index (Phi) is 4.89. The SMILES string of the molecule is CCCN(C(=O)c1ccc(OC(F)F)cc1)C1CNC1. The molecule has 20 heavy (non-hydrogen) atoms. The number of carbonyl (C=O) groups excluding carboxylic acids is 1. The van der Waals surface area contributed by atoms with E-state index in [0.29, 0.717) is 12.1 Å². The summed E-state index contributed by atoms with van der Waals surface area (Å²) in [7, 11) is 0. The van der Waals surface area contributed by atoms with Gasteiger partial charge in [0.2, 0.25) is 0 Å². The van der Waals surface area contributed by atoms with E-state index in [9.17, 15) is 13.6 Å². The predicted molar refractivity (Wildman–Crippen MR) is 71.1 cm³/mol. The minimum atomic E-state index is -2.85. The lowest BCUT2D eigenvalue weighted by molar-refractivity contribution is -0.0498. The molecule has 1 aliphatic rings. The number of nitrogens with zero attached hydrogens (tertiary/aromatic N) is 1. The van der Waals surface area contributed by atoms with E-state index in [0.717, 1.165) is 19.5 Å². The number of hydrogen-bond donors (Lipinski definition) is 1. The molecule has 0 unspecified atom stereocenters. The molecule has 0 aliphatic carbocycles. The van der Waals surface area contributed by atoms with Gasteiger partial charge in [0, 0.05) is 25.2 Å². The number of rotatable bonds is 6. The van der Waals surface area contributed by atoms with Crippen molar-refractivity contribution in [3.63, 3.8) is 0 Å². The Bertz CT molecular complexity index is 447. The van der Waals surface area contributed by atoms with Gasteiger partial charge < -0.3 is 15.0 Å². The van der Waals surface area contributed by atoms with Crippen molar-refractivity contribution in [2.24, 2.45) is 0 Å². The lowest BCUT2D eigenvalue weighted by Crippen LogP contribution is -2.59. The summed E-state index contributed by atoms with van der Waals surface area (Å²) in [6, 6.07) is 6.05. The first-order valence-electron chi connectivity index (χ1n) is 6.68. The highest BCUT2D eigenvalue weighted by Crippen LogP contribution is 2.18. The van der Waals surface area contributed by atoms with Crippen molar-refractivity contribution >= 4 is 5.91 Å². The van der Waals surface area contributed by atoms with Crippen LogP contribution in [0.5, 0.6) is 5.75 Å². The molecule has 1 heterocycles. The molecule has 0 bridgehead atoms. The van der Waals surface area contributed by atoms with E-state index in [2.05, 4.69) is 10.1 Å². The summed E-state index contributed by atoms with van der Waals surface area (Å²) in [6.45, 7) is 1.47. The van der Waals surface area contributed by atoms with Crippen LogP contribution in [0.15, 0.2) is 24.3 Å². The van der Waals surface area contributed by atoms with Crippen LogP contribution < -0.4 is 10.1 Å². The van der Waals surface area contributed by atoms with Crippen molar-refractivity contribution in [3.8, 4) is 5.75 Å². The van der Waals surface area contributed by atoms with Gasteiger partial charge in [0.05, 0.1) is 6.04 Å². The van der Waals surface area contributed by atoms with Gasteiger partial charge in [-0.1, -0.05) is 6.92 Å². The molecule has 1 N–H and O–H groups in total. The lowest BCUT2D eigenvalue weighted by Gasteiger charge is -2.38. The molecule has 6 heteroatoms. The first-order valence-corrected chi connectivity index (χ1v) is 6.68. The van der Waals surface area contributed by atoms with Gasteiger partial charge in [-0.3, -0.25) is 4.79 Å². The molecule has 1 amide bonds. The number of ether oxygens (including phenoxy) is 1. The monoisotopic (exact) mass is 284 g/mol. The van der Waals surface area contributed by atoms with Crippen LogP contribution in [0.25, 0.3) is 0 Å². The quantitative estimate of drug-likeness (QED) is 0.870. The van der Waals surface area contributed by atoms with Crippen LogP contribution in [-0.4, -0.2) is 43.1 Å². The maximum atomic E-state index is 12.4. The Labute approximate surface area is 116 Å². The summed E-state index contributed by atoms with van der Waals surface area (Å²) in [5.74, 6) is -0.00847. The number of halogens is 2. The van der Waals surface area contributed by atoms with Crippen molar-refractivity contribution in [2.45, 2.75) is 26.0 Å². The Morgan fingerprint density at radius 1 is 1.40 bits per heavy atom. The second-order valence-electron chi connectivity index (χ2n) is 4.71. The highest BCUT2D eigenvalue weighted by atomic mass is 19.3. The fraction of sp³-hybridized carbons (Fsp3) is 0.500. The molecule has 110 valence electrons. The molecule has 4 nitrogen and oxygen atoms in total.